The summed E-state index contributed by atoms with van der Waals surface area (Å²) in [6, 6.07) is 3.46. The van der Waals surface area contributed by atoms with E-state index in [1.165, 1.54) is 0 Å². The summed E-state index contributed by atoms with van der Waals surface area (Å²) in [4.78, 5) is 31.9. The number of ether oxygens (including phenoxy) is 1. The lowest BCUT2D eigenvalue weighted by atomic mass is 9.98. The number of hydrogen-bond donors (Lipinski definition) is 1. The van der Waals surface area contributed by atoms with Crippen molar-refractivity contribution in [3.05, 3.63) is 24.5 Å². The number of nitrogens with one attached hydrogen (secondary N) is 1. The first-order valence-electron chi connectivity index (χ1n) is 8.64. The van der Waals surface area contributed by atoms with Crippen LogP contribution in [0.3, 0.4) is 0 Å². The van der Waals surface area contributed by atoms with E-state index < -0.39 is 5.60 Å². The van der Waals surface area contributed by atoms with Crippen LogP contribution in [-0.2, 0) is 4.74 Å². The highest BCUT2D eigenvalue weighted by atomic mass is 16.6. The van der Waals surface area contributed by atoms with Crippen molar-refractivity contribution in [2.24, 2.45) is 5.92 Å². The molecule has 1 aliphatic heterocycles. The molecular formula is C18H28N4O3. The highest BCUT2D eigenvalue weighted by Crippen LogP contribution is 2.19. The fraction of sp³-hybridized carbons (Fsp3) is 0.611. The van der Waals surface area contributed by atoms with Gasteiger partial charge in [0.15, 0.2) is 0 Å². The molecule has 0 unspecified atom stereocenters. The van der Waals surface area contributed by atoms with Crippen molar-refractivity contribution in [1.29, 1.82) is 0 Å². The van der Waals surface area contributed by atoms with Crippen LogP contribution in [0.1, 0.15) is 33.6 Å². The highest BCUT2D eigenvalue weighted by Gasteiger charge is 2.27. The first-order valence-corrected chi connectivity index (χ1v) is 8.64. The second-order valence-corrected chi connectivity index (χ2v) is 7.49. The Balaban J connectivity index is 1.85. The Labute approximate surface area is 149 Å². The Bertz CT molecular complexity index is 586. The summed E-state index contributed by atoms with van der Waals surface area (Å²) >= 11 is 0. The van der Waals surface area contributed by atoms with Gasteiger partial charge in [-0.2, -0.15) is 0 Å². The molecule has 0 radical (unpaired) electrons. The monoisotopic (exact) mass is 348 g/mol. The molecule has 25 heavy (non-hydrogen) atoms. The van der Waals surface area contributed by atoms with Gasteiger partial charge in [0.05, 0.1) is 11.9 Å². The summed E-state index contributed by atoms with van der Waals surface area (Å²) in [5.41, 5.74) is 0.175. The van der Waals surface area contributed by atoms with Crippen LogP contribution in [0.15, 0.2) is 24.5 Å². The van der Waals surface area contributed by atoms with E-state index in [9.17, 15) is 9.59 Å². The van der Waals surface area contributed by atoms with Crippen molar-refractivity contribution in [2.75, 3.05) is 32.0 Å². The first-order chi connectivity index (χ1) is 11.7. The smallest absolute Gasteiger partial charge is 0.410 e. The lowest BCUT2D eigenvalue weighted by molar-refractivity contribution is 0.0253. The number of rotatable bonds is 3. The Morgan fingerprint density at radius 3 is 2.84 bits per heavy atom. The molecular weight excluding hydrogens is 320 g/mol. The fourth-order valence-corrected chi connectivity index (χ4v) is 2.84. The van der Waals surface area contributed by atoms with Crippen LogP contribution in [0.2, 0.25) is 0 Å². The Morgan fingerprint density at radius 2 is 2.20 bits per heavy atom. The summed E-state index contributed by atoms with van der Waals surface area (Å²) in [5, 5.41) is 2.86. The zero-order valence-electron chi connectivity index (χ0n) is 15.5. The molecule has 1 fully saturated rings. The van der Waals surface area contributed by atoms with Crippen molar-refractivity contribution < 1.29 is 14.3 Å². The lowest BCUT2D eigenvalue weighted by Crippen LogP contribution is -2.46. The van der Waals surface area contributed by atoms with E-state index >= 15 is 0 Å². The number of anilines is 1. The van der Waals surface area contributed by atoms with Crippen LogP contribution < -0.4 is 5.32 Å². The van der Waals surface area contributed by atoms with Crippen molar-refractivity contribution in [3.63, 3.8) is 0 Å². The van der Waals surface area contributed by atoms with Crippen molar-refractivity contribution in [2.45, 2.75) is 39.2 Å². The molecule has 0 bridgehead atoms. The van der Waals surface area contributed by atoms with Gasteiger partial charge in [-0.3, -0.25) is 4.98 Å². The first kappa shape index (κ1) is 19.0. The summed E-state index contributed by atoms with van der Waals surface area (Å²) in [5.74, 6) is 0.242. The molecule has 1 aliphatic rings. The van der Waals surface area contributed by atoms with Crippen molar-refractivity contribution in [1.82, 2.24) is 14.8 Å². The van der Waals surface area contributed by atoms with E-state index in [0.29, 0.717) is 18.8 Å². The number of piperidine rings is 1. The molecule has 7 nitrogen and oxygen atoms in total. The van der Waals surface area contributed by atoms with Crippen LogP contribution in [0.25, 0.3) is 0 Å². The largest absolute Gasteiger partial charge is 0.444 e. The second kappa shape index (κ2) is 8.18. The average Bonchev–Trinajstić information content (AvgIpc) is 2.54. The number of nitrogens with zero attached hydrogens (tertiary/aromatic N) is 3. The maximum atomic E-state index is 12.4. The van der Waals surface area contributed by atoms with Gasteiger partial charge in [-0.1, -0.05) is 0 Å². The minimum absolute atomic E-state index is 0.127. The Kier molecular flexibility index (Phi) is 6.22. The second-order valence-electron chi connectivity index (χ2n) is 7.49. The van der Waals surface area contributed by atoms with Crippen LogP contribution in [0, 0.1) is 5.92 Å². The molecule has 0 aromatic carbocycles. The van der Waals surface area contributed by atoms with Gasteiger partial charge in [-0.05, 0) is 51.7 Å². The SMILES string of the molecule is CN(C[C@@H]1CCCN(C(=O)Nc2cccnc2)C1)C(=O)OC(C)(C)C. The van der Waals surface area contributed by atoms with Gasteiger partial charge in [0.1, 0.15) is 5.60 Å². The molecule has 1 saturated heterocycles. The number of carbonyl (C=O) groups excluding carboxylic acids is 2. The van der Waals surface area contributed by atoms with Crippen molar-refractivity contribution >= 4 is 17.8 Å². The number of likely N-dealkylation sites (tertiary alicyclic amines) is 1. The minimum Gasteiger partial charge on any atom is -0.444 e. The molecule has 1 aromatic rings. The normalized spacial score (nSPS) is 17.8. The highest BCUT2D eigenvalue weighted by molar-refractivity contribution is 5.89. The lowest BCUT2D eigenvalue weighted by Gasteiger charge is -2.35. The van der Waals surface area contributed by atoms with Gasteiger partial charge in [0, 0.05) is 32.9 Å². The molecule has 1 atom stereocenters. The zero-order valence-corrected chi connectivity index (χ0v) is 15.5. The molecule has 2 heterocycles. The van der Waals surface area contributed by atoms with Crippen LogP contribution in [-0.4, -0.2) is 59.2 Å². The van der Waals surface area contributed by atoms with Crippen molar-refractivity contribution in [3.8, 4) is 0 Å². The molecule has 3 amide bonds. The number of pyridine rings is 1. The predicted octanol–water partition coefficient (Wildman–Crippen LogP) is 3.19. The third-order valence-electron chi connectivity index (χ3n) is 3.96. The number of carbonyl (C=O) groups is 2. The van der Waals surface area contributed by atoms with Gasteiger partial charge < -0.3 is 19.9 Å². The third kappa shape index (κ3) is 6.25. The van der Waals surface area contributed by atoms with Gasteiger partial charge in [0.25, 0.3) is 0 Å². The van der Waals surface area contributed by atoms with Gasteiger partial charge in [0.2, 0.25) is 0 Å². The number of aromatic nitrogens is 1. The predicted molar refractivity (Wildman–Crippen MR) is 96.4 cm³/mol. The molecule has 2 rings (SSSR count). The topological polar surface area (TPSA) is 74.8 Å². The van der Waals surface area contributed by atoms with Crippen LogP contribution in [0.5, 0.6) is 0 Å². The number of hydrogen-bond acceptors (Lipinski definition) is 4. The zero-order chi connectivity index (χ0) is 18.4. The summed E-state index contributed by atoms with van der Waals surface area (Å²) in [7, 11) is 1.74. The van der Waals surface area contributed by atoms with Crippen LogP contribution >= 0.6 is 0 Å². The van der Waals surface area contributed by atoms with Gasteiger partial charge in [-0.25, -0.2) is 9.59 Å². The van der Waals surface area contributed by atoms with E-state index in [2.05, 4.69) is 10.3 Å². The quantitative estimate of drug-likeness (QED) is 0.910. The minimum atomic E-state index is -0.506. The molecule has 138 valence electrons. The molecule has 0 aliphatic carbocycles. The molecule has 7 heteroatoms. The van der Waals surface area contributed by atoms with E-state index in [4.69, 9.17) is 4.74 Å². The molecule has 1 N–H and O–H groups in total. The maximum absolute atomic E-state index is 12.4. The van der Waals surface area contributed by atoms with E-state index in [-0.39, 0.29) is 18.0 Å². The van der Waals surface area contributed by atoms with E-state index in [1.54, 1.807) is 35.3 Å². The average molecular weight is 348 g/mol. The molecule has 0 saturated carbocycles. The fourth-order valence-electron chi connectivity index (χ4n) is 2.84. The van der Waals surface area contributed by atoms with Crippen LogP contribution in [0.4, 0.5) is 15.3 Å². The number of urea groups is 1. The summed E-state index contributed by atoms with van der Waals surface area (Å²) in [6.07, 6.45) is 4.87. The standard InChI is InChI=1S/C18H28N4O3/c1-18(2,3)25-17(24)21(4)12-14-7-6-10-22(13-14)16(23)20-15-8-5-9-19-11-15/h5,8-9,11,14H,6-7,10,12-13H2,1-4H3,(H,20,23)/t14-/m0/s1. The van der Waals surface area contributed by atoms with Gasteiger partial charge in [-0.15, -0.1) is 0 Å². The van der Waals surface area contributed by atoms with E-state index in [0.717, 1.165) is 19.4 Å². The van der Waals surface area contributed by atoms with Gasteiger partial charge >= 0.3 is 12.1 Å². The van der Waals surface area contributed by atoms with E-state index in [1.807, 2.05) is 26.8 Å². The summed E-state index contributed by atoms with van der Waals surface area (Å²) < 4.78 is 5.38. The molecule has 0 spiro atoms. The maximum Gasteiger partial charge on any atom is 0.410 e. The third-order valence-corrected chi connectivity index (χ3v) is 3.96. The number of amides is 3. The summed E-state index contributed by atoms with van der Waals surface area (Å²) in [6.45, 7) is 7.47. The Morgan fingerprint density at radius 1 is 1.44 bits per heavy atom. The molecule has 1 aromatic heterocycles. The Hall–Kier alpha value is -2.31.